The zero-order valence-electron chi connectivity index (χ0n) is 12.9. The van der Waals surface area contributed by atoms with Crippen molar-refractivity contribution in [2.45, 2.75) is 6.92 Å². The molecule has 0 spiro atoms. The quantitative estimate of drug-likeness (QED) is 0.634. The Labute approximate surface area is 134 Å². The van der Waals surface area contributed by atoms with E-state index < -0.39 is 0 Å². The van der Waals surface area contributed by atoms with E-state index in [-0.39, 0.29) is 11.7 Å². The number of amides is 1. The first kappa shape index (κ1) is 16.4. The van der Waals surface area contributed by atoms with E-state index in [9.17, 15) is 9.90 Å². The lowest BCUT2D eigenvalue weighted by Gasteiger charge is -2.04. The molecule has 0 aromatic heterocycles. The van der Waals surface area contributed by atoms with Crippen LogP contribution in [0.1, 0.15) is 22.8 Å². The Kier molecular flexibility index (Phi) is 5.57. The Morgan fingerprint density at radius 3 is 2.61 bits per heavy atom. The normalized spacial score (nSPS) is 10.5. The van der Waals surface area contributed by atoms with Gasteiger partial charge in [0.05, 0.1) is 19.9 Å². The smallest absolute Gasteiger partial charge is 0.271 e. The summed E-state index contributed by atoms with van der Waals surface area (Å²) in [4.78, 5) is 11.9. The first-order valence-corrected chi connectivity index (χ1v) is 7.07. The maximum atomic E-state index is 11.9. The minimum Gasteiger partial charge on any atom is -0.504 e. The molecule has 0 radical (unpaired) electrons. The number of benzene rings is 2. The van der Waals surface area contributed by atoms with Crippen LogP contribution < -0.4 is 14.9 Å². The minimum absolute atomic E-state index is 0.00860. The van der Waals surface area contributed by atoms with E-state index in [1.807, 2.05) is 6.92 Å². The predicted octanol–water partition coefficient (Wildman–Crippen LogP) is 2.56. The van der Waals surface area contributed by atoms with E-state index in [1.165, 1.54) is 19.4 Å². The van der Waals surface area contributed by atoms with Crippen LogP contribution in [0.5, 0.6) is 17.2 Å². The third-order valence-corrected chi connectivity index (χ3v) is 3.01. The number of carbonyl (C=O) groups excluding carboxylic acids is 1. The Hall–Kier alpha value is -3.02. The second-order valence-electron chi connectivity index (χ2n) is 4.59. The van der Waals surface area contributed by atoms with E-state index in [2.05, 4.69) is 10.5 Å². The topological polar surface area (TPSA) is 80.2 Å². The van der Waals surface area contributed by atoms with Crippen molar-refractivity contribution in [1.82, 2.24) is 5.43 Å². The summed E-state index contributed by atoms with van der Waals surface area (Å²) in [6.45, 7) is 2.47. The number of hydrazone groups is 1. The summed E-state index contributed by atoms with van der Waals surface area (Å²) in [6.07, 6.45) is 1.44. The molecule has 2 N–H and O–H groups in total. The Balaban J connectivity index is 1.96. The molecular formula is C17H18N2O4. The lowest BCUT2D eigenvalue weighted by molar-refractivity contribution is 0.0955. The molecule has 0 aliphatic rings. The number of nitrogens with one attached hydrogen (secondary N) is 1. The molecule has 1 amide bonds. The number of ether oxygens (including phenoxy) is 2. The van der Waals surface area contributed by atoms with Gasteiger partial charge in [0.1, 0.15) is 5.75 Å². The number of hydrogen-bond donors (Lipinski definition) is 2. The van der Waals surface area contributed by atoms with Crippen LogP contribution in [0.4, 0.5) is 0 Å². The van der Waals surface area contributed by atoms with Crippen molar-refractivity contribution >= 4 is 12.1 Å². The maximum absolute atomic E-state index is 11.9. The zero-order chi connectivity index (χ0) is 16.7. The second-order valence-corrected chi connectivity index (χ2v) is 4.59. The van der Waals surface area contributed by atoms with Crippen molar-refractivity contribution in [1.29, 1.82) is 0 Å². The summed E-state index contributed by atoms with van der Waals surface area (Å²) in [5, 5.41) is 13.5. The number of carbonyl (C=O) groups is 1. The molecule has 0 atom stereocenters. The Morgan fingerprint density at radius 2 is 2.00 bits per heavy atom. The van der Waals surface area contributed by atoms with E-state index >= 15 is 0 Å². The summed E-state index contributed by atoms with van der Waals surface area (Å²) < 4.78 is 10.3. The SMILES string of the molecule is CCOc1ccc(C(=O)N/N=C/c2ccc(OC)c(O)c2)cc1. The monoisotopic (exact) mass is 314 g/mol. The first-order valence-electron chi connectivity index (χ1n) is 7.07. The number of phenolic OH excluding ortho intramolecular Hbond substituents is 1. The van der Waals surface area contributed by atoms with Crippen molar-refractivity contribution in [3.8, 4) is 17.2 Å². The third kappa shape index (κ3) is 4.47. The summed E-state index contributed by atoms with van der Waals surface area (Å²) in [5.74, 6) is 0.762. The van der Waals surface area contributed by atoms with E-state index in [1.54, 1.807) is 36.4 Å². The molecule has 2 aromatic rings. The average Bonchev–Trinajstić information content (AvgIpc) is 2.56. The van der Waals surface area contributed by atoms with E-state index in [0.717, 1.165) is 0 Å². The molecule has 120 valence electrons. The molecule has 23 heavy (non-hydrogen) atoms. The van der Waals surface area contributed by atoms with Gasteiger partial charge in [-0.15, -0.1) is 0 Å². The summed E-state index contributed by atoms with van der Waals surface area (Å²) in [7, 11) is 1.47. The summed E-state index contributed by atoms with van der Waals surface area (Å²) in [5.41, 5.74) is 3.53. The summed E-state index contributed by atoms with van der Waals surface area (Å²) >= 11 is 0. The van der Waals surface area contributed by atoms with Gasteiger partial charge < -0.3 is 14.6 Å². The van der Waals surface area contributed by atoms with Crippen LogP contribution in [0.15, 0.2) is 47.6 Å². The van der Waals surface area contributed by atoms with Crippen molar-refractivity contribution in [3.05, 3.63) is 53.6 Å². The van der Waals surface area contributed by atoms with Gasteiger partial charge in [0, 0.05) is 5.56 Å². The highest BCUT2D eigenvalue weighted by atomic mass is 16.5. The fraction of sp³-hybridized carbons (Fsp3) is 0.176. The fourth-order valence-electron chi connectivity index (χ4n) is 1.89. The largest absolute Gasteiger partial charge is 0.504 e. The standard InChI is InChI=1S/C17H18N2O4/c1-3-23-14-7-5-13(6-8-14)17(21)19-18-11-12-4-9-16(22-2)15(20)10-12/h4-11,20H,3H2,1-2H3,(H,19,21)/b18-11+. The molecular weight excluding hydrogens is 296 g/mol. The van der Waals surface area contributed by atoms with Gasteiger partial charge in [-0.1, -0.05) is 0 Å². The molecule has 0 heterocycles. The van der Waals surface area contributed by atoms with Gasteiger partial charge in [0.2, 0.25) is 0 Å². The number of nitrogens with zero attached hydrogens (tertiary/aromatic N) is 1. The molecule has 2 aromatic carbocycles. The third-order valence-electron chi connectivity index (χ3n) is 3.01. The number of phenols is 1. The lowest BCUT2D eigenvalue weighted by Crippen LogP contribution is -2.17. The van der Waals surface area contributed by atoms with Crippen molar-refractivity contribution in [2.75, 3.05) is 13.7 Å². The van der Waals surface area contributed by atoms with Gasteiger partial charge in [0.15, 0.2) is 11.5 Å². The van der Waals surface area contributed by atoms with Gasteiger partial charge >= 0.3 is 0 Å². The molecule has 6 heteroatoms. The van der Waals surface area contributed by atoms with Crippen molar-refractivity contribution in [2.24, 2.45) is 5.10 Å². The lowest BCUT2D eigenvalue weighted by atomic mass is 10.2. The molecule has 0 unspecified atom stereocenters. The molecule has 0 aliphatic heterocycles. The van der Waals surface area contributed by atoms with Gasteiger partial charge in [-0.05, 0) is 55.0 Å². The molecule has 2 rings (SSSR count). The van der Waals surface area contributed by atoms with Gasteiger partial charge in [-0.25, -0.2) is 5.43 Å². The van der Waals surface area contributed by atoms with Crippen LogP contribution in [0.3, 0.4) is 0 Å². The Morgan fingerprint density at radius 1 is 1.26 bits per heavy atom. The number of hydrogen-bond acceptors (Lipinski definition) is 5. The highest BCUT2D eigenvalue weighted by Gasteiger charge is 2.04. The van der Waals surface area contributed by atoms with Crippen LogP contribution in [0, 0.1) is 0 Å². The highest BCUT2D eigenvalue weighted by Crippen LogP contribution is 2.25. The van der Waals surface area contributed by atoms with Gasteiger partial charge in [-0.2, -0.15) is 5.10 Å². The van der Waals surface area contributed by atoms with Gasteiger partial charge in [-0.3, -0.25) is 4.79 Å². The maximum Gasteiger partial charge on any atom is 0.271 e. The van der Waals surface area contributed by atoms with Crippen LogP contribution in [-0.2, 0) is 0 Å². The predicted molar refractivity (Wildman–Crippen MR) is 87.3 cm³/mol. The molecule has 0 saturated heterocycles. The van der Waals surface area contributed by atoms with E-state index in [4.69, 9.17) is 9.47 Å². The molecule has 0 fully saturated rings. The molecule has 0 saturated carbocycles. The first-order chi connectivity index (χ1) is 11.1. The molecule has 0 bridgehead atoms. The Bertz CT molecular complexity index is 696. The van der Waals surface area contributed by atoms with Crippen molar-refractivity contribution < 1.29 is 19.4 Å². The van der Waals surface area contributed by atoms with Crippen LogP contribution in [-0.4, -0.2) is 30.9 Å². The number of methoxy groups -OCH3 is 1. The van der Waals surface area contributed by atoms with Crippen LogP contribution in [0.2, 0.25) is 0 Å². The summed E-state index contributed by atoms with van der Waals surface area (Å²) in [6, 6.07) is 11.6. The van der Waals surface area contributed by atoms with Crippen molar-refractivity contribution in [3.63, 3.8) is 0 Å². The second kappa shape index (κ2) is 7.84. The molecule has 0 aliphatic carbocycles. The van der Waals surface area contributed by atoms with Gasteiger partial charge in [0.25, 0.3) is 5.91 Å². The van der Waals surface area contributed by atoms with Crippen LogP contribution >= 0.6 is 0 Å². The van der Waals surface area contributed by atoms with Crippen LogP contribution in [0.25, 0.3) is 0 Å². The average molecular weight is 314 g/mol. The number of aromatic hydroxyl groups is 1. The molecule has 6 nitrogen and oxygen atoms in total. The number of rotatable bonds is 6. The van der Waals surface area contributed by atoms with E-state index in [0.29, 0.717) is 29.2 Å². The fourth-order valence-corrected chi connectivity index (χ4v) is 1.89. The minimum atomic E-state index is -0.331. The zero-order valence-corrected chi connectivity index (χ0v) is 12.9. The highest BCUT2D eigenvalue weighted by molar-refractivity contribution is 5.95.